The summed E-state index contributed by atoms with van der Waals surface area (Å²) in [5.41, 5.74) is 1.75. The van der Waals surface area contributed by atoms with E-state index in [1.54, 1.807) is 12.4 Å². The van der Waals surface area contributed by atoms with Crippen LogP contribution in [0.4, 0.5) is 5.13 Å². The van der Waals surface area contributed by atoms with E-state index in [-0.39, 0.29) is 0 Å². The molecule has 0 fully saturated rings. The number of aromatic nitrogens is 2. The molecule has 5 nitrogen and oxygen atoms in total. The second kappa shape index (κ2) is 6.47. The van der Waals surface area contributed by atoms with Gasteiger partial charge in [-0.3, -0.25) is 4.98 Å². The van der Waals surface area contributed by atoms with E-state index in [0.29, 0.717) is 23.5 Å². The van der Waals surface area contributed by atoms with Crippen molar-refractivity contribution in [1.82, 2.24) is 9.97 Å². The molecule has 1 N–H and O–H groups in total. The molecule has 0 unspecified atom stereocenters. The predicted octanol–water partition coefficient (Wildman–Crippen LogP) is 2.83. The summed E-state index contributed by atoms with van der Waals surface area (Å²) < 4.78 is 0. The largest absolute Gasteiger partial charge is 0.477 e. The van der Waals surface area contributed by atoms with Crippen molar-refractivity contribution in [3.05, 3.63) is 40.7 Å². The molecule has 2 aromatic rings. The molecule has 0 radical (unpaired) electrons. The molecule has 106 valence electrons. The third-order valence-electron chi connectivity index (χ3n) is 2.84. The zero-order valence-electron chi connectivity index (χ0n) is 11.5. The van der Waals surface area contributed by atoms with E-state index in [0.717, 1.165) is 17.1 Å². The van der Waals surface area contributed by atoms with E-state index < -0.39 is 5.97 Å². The van der Waals surface area contributed by atoms with Crippen LogP contribution in [0.1, 0.15) is 34.3 Å². The van der Waals surface area contributed by atoms with Crippen LogP contribution in [-0.2, 0) is 13.0 Å². The Morgan fingerprint density at radius 2 is 2.30 bits per heavy atom. The van der Waals surface area contributed by atoms with Crippen molar-refractivity contribution in [3.63, 3.8) is 0 Å². The topological polar surface area (TPSA) is 66.3 Å². The first-order chi connectivity index (χ1) is 9.61. The molecule has 0 aromatic carbocycles. The Morgan fingerprint density at radius 1 is 1.50 bits per heavy atom. The first-order valence-electron chi connectivity index (χ1n) is 6.44. The third kappa shape index (κ3) is 3.33. The number of nitrogens with zero attached hydrogens (tertiary/aromatic N) is 3. The molecule has 20 heavy (non-hydrogen) atoms. The van der Waals surface area contributed by atoms with E-state index in [2.05, 4.69) is 9.97 Å². The van der Waals surface area contributed by atoms with Crippen molar-refractivity contribution in [2.75, 3.05) is 11.9 Å². The van der Waals surface area contributed by atoms with Gasteiger partial charge in [-0.15, -0.1) is 0 Å². The monoisotopic (exact) mass is 291 g/mol. The Labute approximate surface area is 121 Å². The summed E-state index contributed by atoms with van der Waals surface area (Å²) in [5.74, 6) is -0.896. The Morgan fingerprint density at radius 3 is 2.90 bits per heavy atom. The molecule has 2 heterocycles. The Hall–Kier alpha value is -1.95. The molecular formula is C14H17N3O2S. The van der Waals surface area contributed by atoms with Gasteiger partial charge in [0, 0.05) is 26.0 Å². The van der Waals surface area contributed by atoms with Gasteiger partial charge in [0.25, 0.3) is 0 Å². The van der Waals surface area contributed by atoms with Gasteiger partial charge >= 0.3 is 5.97 Å². The Bertz CT molecular complexity index is 583. The minimum Gasteiger partial charge on any atom is -0.477 e. The molecule has 2 aromatic heterocycles. The number of carboxylic acid groups (broad SMARTS) is 1. The highest BCUT2D eigenvalue weighted by Gasteiger charge is 2.18. The van der Waals surface area contributed by atoms with Gasteiger partial charge in [0.05, 0.1) is 5.69 Å². The van der Waals surface area contributed by atoms with Gasteiger partial charge in [0.15, 0.2) is 5.13 Å². The molecule has 0 bridgehead atoms. The lowest BCUT2D eigenvalue weighted by Crippen LogP contribution is -2.16. The molecular weight excluding hydrogens is 274 g/mol. The van der Waals surface area contributed by atoms with Crippen LogP contribution in [0.2, 0.25) is 0 Å². The van der Waals surface area contributed by atoms with Crippen LogP contribution in [0.25, 0.3) is 0 Å². The van der Waals surface area contributed by atoms with Crippen LogP contribution < -0.4 is 4.90 Å². The highest BCUT2D eigenvalue weighted by Crippen LogP contribution is 2.27. The summed E-state index contributed by atoms with van der Waals surface area (Å²) in [4.78, 5) is 22.1. The van der Waals surface area contributed by atoms with Gasteiger partial charge < -0.3 is 10.0 Å². The normalized spacial score (nSPS) is 10.5. The molecule has 0 aliphatic rings. The summed E-state index contributed by atoms with van der Waals surface area (Å²) >= 11 is 1.23. The zero-order chi connectivity index (χ0) is 14.5. The second-order valence-electron chi connectivity index (χ2n) is 4.54. The number of carboxylic acids is 1. The maximum Gasteiger partial charge on any atom is 0.347 e. The van der Waals surface area contributed by atoms with Crippen LogP contribution in [0.15, 0.2) is 24.5 Å². The third-order valence-corrected chi connectivity index (χ3v) is 4.04. The maximum absolute atomic E-state index is 11.2. The van der Waals surface area contributed by atoms with Crippen LogP contribution in [0, 0.1) is 0 Å². The van der Waals surface area contributed by atoms with Crippen molar-refractivity contribution in [2.24, 2.45) is 0 Å². The van der Waals surface area contributed by atoms with E-state index >= 15 is 0 Å². The molecule has 0 spiro atoms. The number of aromatic carboxylic acids is 1. The van der Waals surface area contributed by atoms with Crippen LogP contribution in [0.5, 0.6) is 0 Å². The Balaban J connectivity index is 2.19. The summed E-state index contributed by atoms with van der Waals surface area (Å²) in [6.45, 7) is 2.68. The molecule has 0 atom stereocenters. The fourth-order valence-corrected chi connectivity index (χ4v) is 2.82. The van der Waals surface area contributed by atoms with E-state index in [9.17, 15) is 9.90 Å². The van der Waals surface area contributed by atoms with Crippen molar-refractivity contribution < 1.29 is 9.90 Å². The number of thiazole rings is 1. The summed E-state index contributed by atoms with van der Waals surface area (Å²) in [6, 6.07) is 3.87. The number of pyridine rings is 1. The van der Waals surface area contributed by atoms with E-state index in [1.807, 2.05) is 31.0 Å². The van der Waals surface area contributed by atoms with Crippen molar-refractivity contribution in [3.8, 4) is 0 Å². The van der Waals surface area contributed by atoms with Gasteiger partial charge in [-0.25, -0.2) is 9.78 Å². The number of rotatable bonds is 6. The molecule has 0 saturated heterocycles. The maximum atomic E-state index is 11.2. The van der Waals surface area contributed by atoms with Gasteiger partial charge in [0.1, 0.15) is 4.88 Å². The van der Waals surface area contributed by atoms with Gasteiger partial charge in [-0.05, 0) is 18.1 Å². The highest BCUT2D eigenvalue weighted by molar-refractivity contribution is 7.17. The number of aryl methyl sites for hydroxylation is 1. The smallest absolute Gasteiger partial charge is 0.347 e. The van der Waals surface area contributed by atoms with E-state index in [4.69, 9.17) is 0 Å². The lowest BCUT2D eigenvalue weighted by molar-refractivity contribution is 0.0700. The SMILES string of the molecule is CCCc1nc(N(C)Cc2cccnc2)sc1C(=O)O. The molecule has 0 aliphatic heterocycles. The van der Waals surface area contributed by atoms with Gasteiger partial charge in [-0.2, -0.15) is 0 Å². The minimum absolute atomic E-state index is 0.347. The second-order valence-corrected chi connectivity index (χ2v) is 5.52. The van der Waals surface area contributed by atoms with Crippen molar-refractivity contribution in [2.45, 2.75) is 26.3 Å². The molecule has 0 saturated carbocycles. The average molecular weight is 291 g/mol. The number of anilines is 1. The fourth-order valence-electron chi connectivity index (χ4n) is 1.91. The van der Waals surface area contributed by atoms with Gasteiger partial charge in [-0.1, -0.05) is 30.7 Å². The van der Waals surface area contributed by atoms with Crippen molar-refractivity contribution in [1.29, 1.82) is 0 Å². The number of carbonyl (C=O) groups is 1. The fraction of sp³-hybridized carbons (Fsp3) is 0.357. The lowest BCUT2D eigenvalue weighted by atomic mass is 10.2. The lowest BCUT2D eigenvalue weighted by Gasteiger charge is -2.15. The summed E-state index contributed by atoms with van der Waals surface area (Å²) in [7, 11) is 1.91. The number of hydrogen-bond donors (Lipinski definition) is 1. The first kappa shape index (κ1) is 14.5. The van der Waals surface area contributed by atoms with Gasteiger partial charge in [0.2, 0.25) is 0 Å². The summed E-state index contributed by atoms with van der Waals surface area (Å²) in [6.07, 6.45) is 5.11. The quantitative estimate of drug-likeness (QED) is 0.886. The number of hydrogen-bond acceptors (Lipinski definition) is 5. The van der Waals surface area contributed by atoms with E-state index in [1.165, 1.54) is 11.3 Å². The first-order valence-corrected chi connectivity index (χ1v) is 7.26. The zero-order valence-corrected chi connectivity index (χ0v) is 12.4. The predicted molar refractivity (Wildman–Crippen MR) is 79.4 cm³/mol. The van der Waals surface area contributed by atoms with Crippen LogP contribution >= 0.6 is 11.3 Å². The molecule has 0 amide bonds. The molecule has 2 rings (SSSR count). The minimum atomic E-state index is -0.896. The highest BCUT2D eigenvalue weighted by atomic mass is 32.1. The summed E-state index contributed by atoms with van der Waals surface area (Å²) in [5, 5.41) is 9.95. The molecule has 0 aliphatic carbocycles. The van der Waals surface area contributed by atoms with Crippen LogP contribution in [-0.4, -0.2) is 28.1 Å². The standard InChI is InChI=1S/C14H17N3O2S/c1-3-5-11-12(13(18)19)20-14(16-11)17(2)9-10-6-4-7-15-8-10/h4,6-8H,3,5,9H2,1-2H3,(H,18,19). The van der Waals surface area contributed by atoms with Crippen LogP contribution in [0.3, 0.4) is 0 Å². The average Bonchev–Trinajstić information content (AvgIpc) is 2.85. The van der Waals surface area contributed by atoms with Crippen molar-refractivity contribution >= 4 is 22.4 Å². The Kier molecular flexibility index (Phi) is 4.68. The molecule has 6 heteroatoms.